The van der Waals surface area contributed by atoms with E-state index in [2.05, 4.69) is 17.1 Å². The summed E-state index contributed by atoms with van der Waals surface area (Å²) in [6.45, 7) is 2.61. The third kappa shape index (κ3) is 5.47. The number of benzene rings is 4. The van der Waals surface area contributed by atoms with Gasteiger partial charge < -0.3 is 19.6 Å². The average Bonchev–Trinajstić information content (AvgIpc) is 3.54. The second-order valence-corrected chi connectivity index (χ2v) is 10.5. The van der Waals surface area contributed by atoms with Crippen LogP contribution in [0, 0.1) is 6.92 Å². The van der Waals surface area contributed by atoms with E-state index in [0.29, 0.717) is 36.5 Å². The van der Waals surface area contributed by atoms with Crippen LogP contribution in [0.25, 0.3) is 32.8 Å². The van der Waals surface area contributed by atoms with Gasteiger partial charge in [-0.2, -0.15) is 5.10 Å². The topological polar surface area (TPSA) is 106 Å². The fourth-order valence-corrected chi connectivity index (χ4v) is 5.63. The number of hydrogen-bond acceptors (Lipinski definition) is 5. The molecule has 0 unspecified atom stereocenters. The fourth-order valence-electron chi connectivity index (χ4n) is 5.63. The summed E-state index contributed by atoms with van der Waals surface area (Å²) < 4.78 is 13.9. The van der Waals surface area contributed by atoms with E-state index in [0.717, 1.165) is 56.1 Å². The number of carboxylic acid groups (broad SMARTS) is 1. The molecule has 0 bridgehead atoms. The van der Waals surface area contributed by atoms with Gasteiger partial charge in [-0.05, 0) is 48.9 Å². The highest BCUT2D eigenvalue weighted by atomic mass is 16.5. The molecule has 2 heterocycles. The monoisotopic (exact) mass is 573 g/mol. The first-order valence-corrected chi connectivity index (χ1v) is 14.1. The second-order valence-electron chi connectivity index (χ2n) is 10.5. The van der Waals surface area contributed by atoms with Crippen LogP contribution in [0.2, 0.25) is 0 Å². The number of nitrogens with zero attached hydrogens (tertiary/aromatic N) is 2. The van der Waals surface area contributed by atoms with Crippen LogP contribution in [0.5, 0.6) is 11.5 Å². The molecule has 0 aliphatic rings. The van der Waals surface area contributed by atoms with Crippen LogP contribution in [0.4, 0.5) is 0 Å². The van der Waals surface area contributed by atoms with Gasteiger partial charge in [0.05, 0.1) is 12.1 Å². The summed E-state index contributed by atoms with van der Waals surface area (Å²) in [5.74, 6) is 0.379. The Hall–Kier alpha value is -5.37. The highest BCUT2D eigenvalue weighted by Gasteiger charge is 2.23. The van der Waals surface area contributed by atoms with Crippen molar-refractivity contribution in [3.05, 3.63) is 113 Å². The lowest BCUT2D eigenvalue weighted by Crippen LogP contribution is -2.04. The number of para-hydroxylation sites is 1. The Morgan fingerprint density at radius 1 is 0.977 bits per heavy atom. The molecule has 0 aliphatic heterocycles. The van der Waals surface area contributed by atoms with Gasteiger partial charge in [0, 0.05) is 40.2 Å². The maximum absolute atomic E-state index is 12.4. The van der Waals surface area contributed by atoms with E-state index in [1.165, 1.54) is 0 Å². The molecular formula is C35H31N3O5. The van der Waals surface area contributed by atoms with Crippen molar-refractivity contribution in [2.75, 3.05) is 6.61 Å². The summed E-state index contributed by atoms with van der Waals surface area (Å²) in [4.78, 5) is 26.8. The Kier molecular flexibility index (Phi) is 7.66. The molecule has 2 aromatic heterocycles. The number of ether oxygens (including phenoxy) is 2. The predicted molar refractivity (Wildman–Crippen MR) is 166 cm³/mol. The molecule has 8 heteroatoms. The van der Waals surface area contributed by atoms with Crippen LogP contribution < -0.4 is 9.47 Å². The van der Waals surface area contributed by atoms with E-state index in [9.17, 15) is 14.7 Å². The minimum absolute atomic E-state index is 0.178. The molecule has 0 saturated carbocycles. The minimum Gasteiger partial charge on any atom is -0.493 e. The molecule has 2 N–H and O–H groups in total. The number of rotatable bonds is 11. The molecule has 0 fully saturated rings. The third-order valence-electron chi connectivity index (χ3n) is 7.78. The quantitative estimate of drug-likeness (QED) is 0.126. The number of carboxylic acids is 1. The SMILES string of the molecule is Cc1c(-c2cccc3c(CCCOc4cccc5ccccc45)c(C(=O)O)[nH]c23)c(COc2cccc(C=O)c2)nn1C. The Bertz CT molecular complexity index is 1960. The number of aromatic amines is 1. The van der Waals surface area contributed by atoms with E-state index >= 15 is 0 Å². The zero-order chi connectivity index (χ0) is 29.9. The lowest BCUT2D eigenvalue weighted by atomic mass is 9.98. The van der Waals surface area contributed by atoms with E-state index in [1.54, 1.807) is 28.9 Å². The fraction of sp³-hybridized carbons (Fsp3) is 0.171. The van der Waals surface area contributed by atoms with Crippen molar-refractivity contribution in [2.45, 2.75) is 26.4 Å². The first-order valence-electron chi connectivity index (χ1n) is 14.1. The first kappa shape index (κ1) is 27.8. The number of carbonyl (C=O) groups is 2. The van der Waals surface area contributed by atoms with Crippen molar-refractivity contribution >= 4 is 33.9 Å². The average molecular weight is 574 g/mol. The van der Waals surface area contributed by atoms with Crippen LogP contribution in [0.1, 0.15) is 44.2 Å². The molecule has 4 aromatic carbocycles. The Morgan fingerprint density at radius 2 is 1.74 bits per heavy atom. The van der Waals surface area contributed by atoms with Gasteiger partial charge in [-0.1, -0.05) is 66.7 Å². The largest absolute Gasteiger partial charge is 0.493 e. The molecule has 6 rings (SSSR count). The van der Waals surface area contributed by atoms with Crippen molar-refractivity contribution < 1.29 is 24.2 Å². The Morgan fingerprint density at radius 3 is 2.58 bits per heavy atom. The molecule has 216 valence electrons. The van der Waals surface area contributed by atoms with Gasteiger partial charge in [0.25, 0.3) is 0 Å². The number of aldehydes is 1. The number of H-pyrrole nitrogens is 1. The molecule has 0 saturated heterocycles. The molecule has 6 aromatic rings. The van der Waals surface area contributed by atoms with Crippen LogP contribution in [-0.2, 0) is 20.1 Å². The van der Waals surface area contributed by atoms with Crippen LogP contribution in [0.15, 0.2) is 84.9 Å². The Balaban J connectivity index is 1.28. The molecule has 0 atom stereocenters. The summed E-state index contributed by atoms with van der Waals surface area (Å²) in [5.41, 5.74) is 5.55. The van der Waals surface area contributed by atoms with Crippen molar-refractivity contribution in [3.8, 4) is 22.6 Å². The summed E-state index contributed by atoms with van der Waals surface area (Å²) >= 11 is 0. The van der Waals surface area contributed by atoms with Gasteiger partial charge in [0.1, 0.15) is 35.8 Å². The van der Waals surface area contributed by atoms with Gasteiger partial charge in [0.15, 0.2) is 0 Å². The normalized spacial score (nSPS) is 11.2. The summed E-state index contributed by atoms with van der Waals surface area (Å²) in [6, 6.07) is 26.9. The summed E-state index contributed by atoms with van der Waals surface area (Å²) in [6.07, 6.45) is 1.96. The van der Waals surface area contributed by atoms with E-state index < -0.39 is 5.97 Å². The van der Waals surface area contributed by atoms with E-state index in [4.69, 9.17) is 14.6 Å². The van der Waals surface area contributed by atoms with Crippen LogP contribution in [0.3, 0.4) is 0 Å². The number of aromatic carboxylic acids is 1. The number of aryl methyl sites for hydroxylation is 2. The lowest BCUT2D eigenvalue weighted by molar-refractivity contribution is 0.0690. The molecule has 0 radical (unpaired) electrons. The highest BCUT2D eigenvalue weighted by molar-refractivity contribution is 6.03. The van der Waals surface area contributed by atoms with Gasteiger partial charge >= 0.3 is 5.97 Å². The number of nitrogens with one attached hydrogen (secondary N) is 1. The molecule has 0 aliphatic carbocycles. The van der Waals surface area contributed by atoms with Gasteiger partial charge in [0.2, 0.25) is 0 Å². The van der Waals surface area contributed by atoms with Gasteiger partial charge in [-0.15, -0.1) is 0 Å². The number of aromatic nitrogens is 3. The molecule has 0 amide bonds. The summed E-state index contributed by atoms with van der Waals surface area (Å²) in [5, 5.41) is 17.8. The maximum atomic E-state index is 12.4. The van der Waals surface area contributed by atoms with Crippen molar-refractivity contribution in [1.82, 2.24) is 14.8 Å². The number of fused-ring (bicyclic) bond motifs is 2. The minimum atomic E-state index is -1.01. The number of carbonyl (C=O) groups excluding carboxylic acids is 1. The molecular weight excluding hydrogens is 542 g/mol. The van der Waals surface area contributed by atoms with Gasteiger partial charge in [-0.25, -0.2) is 4.79 Å². The van der Waals surface area contributed by atoms with Crippen molar-refractivity contribution in [3.63, 3.8) is 0 Å². The van der Waals surface area contributed by atoms with Crippen LogP contribution in [-0.4, -0.2) is 38.7 Å². The predicted octanol–water partition coefficient (Wildman–Crippen LogP) is 7.13. The van der Waals surface area contributed by atoms with Crippen molar-refractivity contribution in [2.24, 2.45) is 7.05 Å². The smallest absolute Gasteiger partial charge is 0.352 e. The van der Waals surface area contributed by atoms with Crippen molar-refractivity contribution in [1.29, 1.82) is 0 Å². The molecule has 0 spiro atoms. The lowest BCUT2D eigenvalue weighted by Gasteiger charge is -2.10. The third-order valence-corrected chi connectivity index (χ3v) is 7.78. The molecule has 43 heavy (non-hydrogen) atoms. The standard InChI is InChI=1S/C35H31N3O5/c1-22-32(30(37-38(22)2)21-43-25-12-5-9-23(19-25)20-39)29-15-7-14-27-28(34(35(40)41)36-33(27)29)16-8-18-42-31-17-6-11-24-10-3-4-13-26(24)31/h3-7,9-15,17,19-20,36H,8,16,18,21H2,1-2H3,(H,40,41). The van der Waals surface area contributed by atoms with E-state index in [1.807, 2.05) is 62.5 Å². The van der Waals surface area contributed by atoms with E-state index in [-0.39, 0.29) is 12.3 Å². The van der Waals surface area contributed by atoms with Crippen LogP contribution >= 0.6 is 0 Å². The first-order chi connectivity index (χ1) is 20.9. The maximum Gasteiger partial charge on any atom is 0.352 e. The van der Waals surface area contributed by atoms with Gasteiger partial charge in [-0.3, -0.25) is 9.48 Å². The zero-order valence-corrected chi connectivity index (χ0v) is 24.0. The highest BCUT2D eigenvalue weighted by Crippen LogP contribution is 2.36. The second kappa shape index (κ2) is 11.9. The summed E-state index contributed by atoms with van der Waals surface area (Å²) in [7, 11) is 1.87. The Labute approximate surface area is 248 Å². The number of hydrogen-bond donors (Lipinski definition) is 2. The zero-order valence-electron chi connectivity index (χ0n) is 24.0. The molecule has 8 nitrogen and oxygen atoms in total.